The number of sulfonamides is 1. The van der Waals surface area contributed by atoms with Crippen LogP contribution in [0.3, 0.4) is 0 Å². The van der Waals surface area contributed by atoms with Gasteiger partial charge in [-0.05, 0) is 86.9 Å². The lowest BCUT2D eigenvalue weighted by Gasteiger charge is -2.36. The molecule has 2 aromatic rings. The predicted octanol–water partition coefficient (Wildman–Crippen LogP) is 5.04. The van der Waals surface area contributed by atoms with Crippen LogP contribution in [0.5, 0.6) is 5.75 Å². The standard InChI is InChI=1S/C25H29ClF2N2O4S/c1-15(18-5-6-21(26)23(28)11-18)30-9-7-16(8-10-30)14-34-24-13-22(27)20(12-19(24)17-3-4-17)25(31)29-35(2,32)33/h5-6,11-13,15-17H,3-4,7-10,14H2,1-2H3,(H,29,31). The summed E-state index contributed by atoms with van der Waals surface area (Å²) in [6, 6.07) is 7.57. The molecule has 1 saturated carbocycles. The van der Waals surface area contributed by atoms with Gasteiger partial charge in [0, 0.05) is 12.1 Å². The average Bonchev–Trinajstić information content (AvgIpc) is 3.63. The van der Waals surface area contributed by atoms with Crippen molar-refractivity contribution in [2.75, 3.05) is 26.0 Å². The normalized spacial score (nSPS) is 18.3. The van der Waals surface area contributed by atoms with Gasteiger partial charge in [0.2, 0.25) is 10.0 Å². The number of nitrogens with zero attached hydrogens (tertiary/aromatic N) is 1. The molecule has 1 saturated heterocycles. The number of hydrogen-bond donors (Lipinski definition) is 1. The number of hydrogen-bond acceptors (Lipinski definition) is 5. The minimum Gasteiger partial charge on any atom is -0.493 e. The highest BCUT2D eigenvalue weighted by molar-refractivity contribution is 7.89. The third-order valence-electron chi connectivity index (χ3n) is 6.74. The van der Waals surface area contributed by atoms with Crippen LogP contribution in [0.25, 0.3) is 0 Å². The Labute approximate surface area is 209 Å². The minimum absolute atomic E-state index is 0.0600. The maximum atomic E-state index is 14.7. The number of likely N-dealkylation sites (tertiary alicyclic amines) is 1. The van der Waals surface area contributed by atoms with Crippen LogP contribution in [0.2, 0.25) is 5.02 Å². The van der Waals surface area contributed by atoms with Crippen LogP contribution >= 0.6 is 11.6 Å². The van der Waals surface area contributed by atoms with Crippen molar-refractivity contribution in [1.82, 2.24) is 9.62 Å². The molecule has 2 aliphatic rings. The van der Waals surface area contributed by atoms with E-state index >= 15 is 0 Å². The molecule has 1 amide bonds. The van der Waals surface area contributed by atoms with E-state index in [0.29, 0.717) is 12.4 Å². The van der Waals surface area contributed by atoms with Crippen molar-refractivity contribution in [2.24, 2.45) is 5.92 Å². The van der Waals surface area contributed by atoms with Crippen molar-refractivity contribution < 1.29 is 26.7 Å². The van der Waals surface area contributed by atoms with E-state index < -0.39 is 27.6 Å². The van der Waals surface area contributed by atoms with Gasteiger partial charge in [-0.15, -0.1) is 0 Å². The molecule has 0 aromatic heterocycles. The number of amides is 1. The van der Waals surface area contributed by atoms with Gasteiger partial charge in [-0.3, -0.25) is 9.69 Å². The summed E-state index contributed by atoms with van der Waals surface area (Å²) in [6.07, 6.45) is 4.45. The van der Waals surface area contributed by atoms with Gasteiger partial charge < -0.3 is 4.74 Å². The number of ether oxygens (including phenoxy) is 1. The molecule has 0 spiro atoms. The second-order valence-electron chi connectivity index (χ2n) is 9.49. The van der Waals surface area contributed by atoms with E-state index in [2.05, 4.69) is 4.90 Å². The number of benzene rings is 2. The van der Waals surface area contributed by atoms with E-state index in [4.69, 9.17) is 16.3 Å². The average molecular weight is 527 g/mol. The number of carbonyl (C=O) groups excluding carboxylic acids is 1. The fraction of sp³-hybridized carbons (Fsp3) is 0.480. The van der Waals surface area contributed by atoms with Gasteiger partial charge in [-0.25, -0.2) is 21.9 Å². The summed E-state index contributed by atoms with van der Waals surface area (Å²) in [7, 11) is -3.80. The molecule has 10 heteroatoms. The highest BCUT2D eigenvalue weighted by atomic mass is 35.5. The van der Waals surface area contributed by atoms with Gasteiger partial charge in [0.1, 0.15) is 17.4 Å². The zero-order valence-corrected chi connectivity index (χ0v) is 21.3. The topological polar surface area (TPSA) is 75.7 Å². The van der Waals surface area contributed by atoms with Crippen LogP contribution in [0, 0.1) is 17.6 Å². The van der Waals surface area contributed by atoms with Crippen molar-refractivity contribution in [3.63, 3.8) is 0 Å². The Morgan fingerprint density at radius 3 is 2.43 bits per heavy atom. The van der Waals surface area contributed by atoms with Crippen molar-refractivity contribution >= 4 is 27.5 Å². The van der Waals surface area contributed by atoms with Crippen molar-refractivity contribution in [2.45, 2.75) is 44.6 Å². The van der Waals surface area contributed by atoms with Crippen LogP contribution in [-0.2, 0) is 10.0 Å². The smallest absolute Gasteiger partial charge is 0.267 e. The minimum atomic E-state index is -3.80. The van der Waals surface area contributed by atoms with Crippen LogP contribution in [0.15, 0.2) is 30.3 Å². The molecule has 1 aliphatic heterocycles. The SMILES string of the molecule is CC(c1ccc(Cl)c(F)c1)N1CCC(COc2cc(F)c(C(=O)NS(C)(=O)=O)cc2C2CC2)CC1. The molecule has 1 aliphatic carbocycles. The van der Waals surface area contributed by atoms with Crippen molar-refractivity contribution in [3.8, 4) is 5.75 Å². The number of nitrogens with one attached hydrogen (secondary N) is 1. The third-order valence-corrected chi connectivity index (χ3v) is 7.60. The Morgan fingerprint density at radius 2 is 1.83 bits per heavy atom. The second kappa shape index (κ2) is 10.4. The fourth-order valence-corrected chi connectivity index (χ4v) is 5.07. The number of rotatable bonds is 8. The summed E-state index contributed by atoms with van der Waals surface area (Å²) >= 11 is 5.80. The van der Waals surface area contributed by atoms with Crippen LogP contribution in [0.4, 0.5) is 8.78 Å². The summed E-state index contributed by atoms with van der Waals surface area (Å²) in [5.41, 5.74) is 1.32. The fourth-order valence-electron chi connectivity index (χ4n) is 4.51. The predicted molar refractivity (Wildman–Crippen MR) is 130 cm³/mol. The molecule has 1 unspecified atom stereocenters. The maximum Gasteiger partial charge on any atom is 0.267 e. The Balaban J connectivity index is 1.37. The molecule has 4 rings (SSSR count). The van der Waals surface area contributed by atoms with Gasteiger partial charge in [0.15, 0.2) is 0 Å². The van der Waals surface area contributed by atoms with Gasteiger partial charge in [-0.1, -0.05) is 17.7 Å². The van der Waals surface area contributed by atoms with Crippen LogP contribution in [-0.4, -0.2) is 45.2 Å². The molecule has 1 heterocycles. The molecule has 0 radical (unpaired) electrons. The lowest BCUT2D eigenvalue weighted by Crippen LogP contribution is -2.37. The Bertz CT molecular complexity index is 1210. The quantitative estimate of drug-likeness (QED) is 0.522. The molecule has 35 heavy (non-hydrogen) atoms. The largest absolute Gasteiger partial charge is 0.493 e. The molecular weight excluding hydrogens is 498 g/mol. The zero-order valence-electron chi connectivity index (χ0n) is 19.7. The third kappa shape index (κ3) is 6.51. The Hall–Kier alpha value is -2.23. The van der Waals surface area contributed by atoms with Crippen molar-refractivity contribution in [1.29, 1.82) is 0 Å². The highest BCUT2D eigenvalue weighted by Crippen LogP contribution is 2.45. The van der Waals surface area contributed by atoms with E-state index in [1.165, 1.54) is 18.2 Å². The van der Waals surface area contributed by atoms with Crippen LogP contribution < -0.4 is 9.46 Å². The summed E-state index contributed by atoms with van der Waals surface area (Å²) < 4.78 is 59.1. The molecular formula is C25H29ClF2N2O4S. The molecule has 1 N–H and O–H groups in total. The first kappa shape index (κ1) is 25.9. The van der Waals surface area contributed by atoms with E-state index in [1.54, 1.807) is 6.07 Å². The summed E-state index contributed by atoms with van der Waals surface area (Å²) in [5.74, 6) is -1.35. The molecule has 190 valence electrons. The monoisotopic (exact) mass is 526 g/mol. The molecule has 2 aromatic carbocycles. The molecule has 0 bridgehead atoms. The Kier molecular flexibility index (Phi) is 7.68. The number of piperidine rings is 1. The first-order chi connectivity index (χ1) is 16.5. The lowest BCUT2D eigenvalue weighted by atomic mass is 9.95. The molecule has 1 atom stereocenters. The summed E-state index contributed by atoms with van der Waals surface area (Å²) in [4.78, 5) is 14.5. The number of halogens is 3. The first-order valence-electron chi connectivity index (χ1n) is 11.7. The second-order valence-corrected chi connectivity index (χ2v) is 11.6. The first-order valence-corrected chi connectivity index (χ1v) is 14.0. The lowest BCUT2D eigenvalue weighted by molar-refractivity contribution is 0.0977. The molecule has 6 nitrogen and oxygen atoms in total. The highest BCUT2D eigenvalue weighted by Gasteiger charge is 2.31. The maximum absolute atomic E-state index is 14.7. The zero-order chi connectivity index (χ0) is 25.3. The van der Waals surface area contributed by atoms with Gasteiger partial charge in [0.05, 0.1) is 23.4 Å². The summed E-state index contributed by atoms with van der Waals surface area (Å²) in [5, 5.41) is 0.114. The Morgan fingerprint density at radius 1 is 1.14 bits per heavy atom. The molecule has 2 fully saturated rings. The number of carbonyl (C=O) groups is 1. The van der Waals surface area contributed by atoms with E-state index in [1.807, 2.05) is 17.7 Å². The van der Waals surface area contributed by atoms with Gasteiger partial charge >= 0.3 is 0 Å². The van der Waals surface area contributed by atoms with Crippen molar-refractivity contribution in [3.05, 3.63) is 63.7 Å². The van der Waals surface area contributed by atoms with Crippen LogP contribution in [0.1, 0.15) is 66.1 Å². The van der Waals surface area contributed by atoms with E-state index in [-0.39, 0.29) is 28.5 Å². The van der Waals surface area contributed by atoms with E-state index in [0.717, 1.165) is 56.2 Å². The summed E-state index contributed by atoms with van der Waals surface area (Å²) in [6.45, 7) is 4.12. The van der Waals surface area contributed by atoms with Gasteiger partial charge in [0.25, 0.3) is 5.91 Å². The van der Waals surface area contributed by atoms with E-state index in [9.17, 15) is 22.0 Å². The van der Waals surface area contributed by atoms with Gasteiger partial charge in [-0.2, -0.15) is 0 Å².